The number of benzene rings is 2. The van der Waals surface area contributed by atoms with Gasteiger partial charge in [0.1, 0.15) is 11.4 Å². The summed E-state index contributed by atoms with van der Waals surface area (Å²) in [6, 6.07) is 18.8. The second-order valence-electron chi connectivity index (χ2n) is 5.55. The normalized spacial score (nSPS) is 22.1. The molecule has 2 aromatic carbocycles. The van der Waals surface area contributed by atoms with E-state index in [0.717, 1.165) is 18.4 Å². The molecule has 0 bridgehead atoms. The van der Waals surface area contributed by atoms with E-state index in [-0.39, 0.29) is 5.97 Å². The van der Waals surface area contributed by atoms with E-state index in [2.05, 4.69) is 0 Å². The fraction of sp³-hybridized carbons (Fsp3) is 0.316. The van der Waals surface area contributed by atoms with Gasteiger partial charge in [-0.1, -0.05) is 62.4 Å². The maximum atomic E-state index is 12.9. The first-order valence-corrected chi connectivity index (χ1v) is 7.71. The molecule has 1 heterocycles. The van der Waals surface area contributed by atoms with E-state index in [1.807, 2.05) is 62.4 Å². The zero-order valence-corrected chi connectivity index (χ0v) is 12.9. The minimum Gasteiger partial charge on any atom is -0.424 e. The topological polar surface area (TPSA) is 38.8 Å². The molecule has 0 amide bonds. The highest BCUT2D eigenvalue weighted by Crippen LogP contribution is 2.60. The lowest BCUT2D eigenvalue weighted by molar-refractivity contribution is -0.140. The second-order valence-corrected chi connectivity index (χ2v) is 5.55. The molecule has 0 radical (unpaired) electrons. The van der Waals surface area contributed by atoms with Gasteiger partial charge in [0.2, 0.25) is 5.60 Å². The number of para-hydroxylation sites is 1. The Morgan fingerprint density at radius 3 is 2.00 bits per heavy atom. The summed E-state index contributed by atoms with van der Waals surface area (Å²) in [5.41, 5.74) is -0.604. The number of hydrogen-bond acceptors (Lipinski definition) is 3. The summed E-state index contributed by atoms with van der Waals surface area (Å²) in [7, 11) is 0. The summed E-state index contributed by atoms with van der Waals surface area (Å²) in [5.74, 6) is 0.202. The Balaban J connectivity index is 1.96. The molecule has 3 heteroatoms. The second kappa shape index (κ2) is 5.58. The maximum absolute atomic E-state index is 12.9. The van der Waals surface area contributed by atoms with Crippen molar-refractivity contribution in [1.82, 2.24) is 0 Å². The highest BCUT2D eigenvalue weighted by molar-refractivity contribution is 5.88. The van der Waals surface area contributed by atoms with Crippen LogP contribution in [0.3, 0.4) is 0 Å². The third-order valence-electron chi connectivity index (χ3n) is 4.51. The molecule has 1 atom stereocenters. The molecule has 2 aromatic rings. The molecule has 0 aromatic heterocycles. The summed E-state index contributed by atoms with van der Waals surface area (Å²) in [4.78, 5) is 12.9. The van der Waals surface area contributed by atoms with E-state index in [9.17, 15) is 4.79 Å². The SMILES string of the molecule is CCC1(CC)OC1(C(=O)Oc1ccccc1)c1ccccc1. The molecule has 3 nitrogen and oxygen atoms in total. The van der Waals surface area contributed by atoms with Crippen molar-refractivity contribution in [2.75, 3.05) is 0 Å². The highest BCUT2D eigenvalue weighted by atomic mass is 16.7. The minimum absolute atomic E-state index is 0.339. The van der Waals surface area contributed by atoms with Gasteiger partial charge < -0.3 is 9.47 Å². The van der Waals surface area contributed by atoms with Crippen molar-refractivity contribution in [3.63, 3.8) is 0 Å². The van der Waals surface area contributed by atoms with Gasteiger partial charge >= 0.3 is 5.97 Å². The largest absolute Gasteiger partial charge is 0.424 e. The van der Waals surface area contributed by atoms with Crippen LogP contribution >= 0.6 is 0 Å². The highest BCUT2D eigenvalue weighted by Gasteiger charge is 2.74. The average Bonchev–Trinajstić information content (AvgIpc) is 3.28. The van der Waals surface area contributed by atoms with Gasteiger partial charge in [-0.15, -0.1) is 0 Å². The number of esters is 1. The van der Waals surface area contributed by atoms with Crippen LogP contribution in [0.2, 0.25) is 0 Å². The Hall–Kier alpha value is -2.13. The Morgan fingerprint density at radius 1 is 0.955 bits per heavy atom. The Bertz CT molecular complexity index is 647. The lowest BCUT2D eigenvalue weighted by Gasteiger charge is -2.17. The summed E-state index contributed by atoms with van der Waals surface area (Å²) in [6.07, 6.45) is 1.53. The van der Waals surface area contributed by atoms with Gasteiger partial charge in [-0.25, -0.2) is 4.79 Å². The quantitative estimate of drug-likeness (QED) is 0.474. The Morgan fingerprint density at radius 2 is 1.50 bits per heavy atom. The molecule has 0 aliphatic carbocycles. The lowest BCUT2D eigenvalue weighted by atomic mass is 9.82. The van der Waals surface area contributed by atoms with Crippen molar-refractivity contribution in [2.45, 2.75) is 37.9 Å². The van der Waals surface area contributed by atoms with E-state index >= 15 is 0 Å². The van der Waals surface area contributed by atoms with Crippen LogP contribution < -0.4 is 4.74 Å². The van der Waals surface area contributed by atoms with E-state index in [0.29, 0.717) is 5.75 Å². The van der Waals surface area contributed by atoms with Crippen molar-refractivity contribution < 1.29 is 14.3 Å². The van der Waals surface area contributed by atoms with Gasteiger partial charge in [0.05, 0.1) is 0 Å². The van der Waals surface area contributed by atoms with E-state index in [1.54, 1.807) is 12.1 Å². The number of ether oxygens (including phenoxy) is 2. The van der Waals surface area contributed by atoms with Gasteiger partial charge in [0, 0.05) is 0 Å². The van der Waals surface area contributed by atoms with Gasteiger partial charge in [-0.3, -0.25) is 0 Å². The molecule has 0 N–H and O–H groups in total. The third kappa shape index (κ3) is 2.13. The van der Waals surface area contributed by atoms with Gasteiger partial charge in [-0.05, 0) is 30.5 Å². The van der Waals surface area contributed by atoms with Gasteiger partial charge in [-0.2, -0.15) is 0 Å². The summed E-state index contributed by atoms with van der Waals surface area (Å²) in [6.45, 7) is 4.09. The third-order valence-corrected chi connectivity index (χ3v) is 4.51. The molecule has 3 rings (SSSR count). The predicted octanol–water partition coefficient (Wildman–Crippen LogP) is 4.08. The average molecular weight is 296 g/mol. The Kier molecular flexibility index (Phi) is 3.75. The zero-order valence-electron chi connectivity index (χ0n) is 12.9. The smallest absolute Gasteiger partial charge is 0.351 e. The van der Waals surface area contributed by atoms with E-state index in [4.69, 9.17) is 9.47 Å². The number of carbonyl (C=O) groups is 1. The first kappa shape index (κ1) is 14.8. The molecule has 1 unspecified atom stereocenters. The van der Waals surface area contributed by atoms with Crippen molar-refractivity contribution in [2.24, 2.45) is 0 Å². The monoisotopic (exact) mass is 296 g/mol. The summed E-state index contributed by atoms with van der Waals surface area (Å²) >= 11 is 0. The van der Waals surface area contributed by atoms with Crippen LogP contribution in [-0.2, 0) is 15.1 Å². The van der Waals surface area contributed by atoms with Crippen LogP contribution in [0, 0.1) is 0 Å². The number of rotatable bonds is 5. The zero-order chi connectivity index (χ0) is 15.6. The fourth-order valence-corrected chi connectivity index (χ4v) is 3.17. The van der Waals surface area contributed by atoms with Crippen LogP contribution in [-0.4, -0.2) is 11.6 Å². The molecular weight excluding hydrogens is 276 g/mol. The van der Waals surface area contributed by atoms with E-state index < -0.39 is 11.2 Å². The van der Waals surface area contributed by atoms with Crippen LogP contribution in [0.4, 0.5) is 0 Å². The molecule has 1 fully saturated rings. The molecule has 1 aliphatic heterocycles. The molecule has 1 aliphatic rings. The van der Waals surface area contributed by atoms with E-state index in [1.165, 1.54) is 0 Å². The number of epoxide rings is 1. The number of hydrogen-bond donors (Lipinski definition) is 0. The van der Waals surface area contributed by atoms with Crippen molar-refractivity contribution in [3.8, 4) is 5.75 Å². The van der Waals surface area contributed by atoms with Crippen molar-refractivity contribution >= 4 is 5.97 Å². The Labute approximate surface area is 130 Å². The molecular formula is C19H20O3. The summed E-state index contributed by atoms with van der Waals surface area (Å²) in [5, 5.41) is 0. The van der Waals surface area contributed by atoms with Crippen LogP contribution in [0.15, 0.2) is 60.7 Å². The minimum atomic E-state index is -0.992. The van der Waals surface area contributed by atoms with Crippen LogP contribution in [0.25, 0.3) is 0 Å². The summed E-state index contributed by atoms with van der Waals surface area (Å²) < 4.78 is 11.6. The molecule has 1 saturated heterocycles. The number of carbonyl (C=O) groups excluding carboxylic acids is 1. The molecule has 0 saturated carbocycles. The first-order chi connectivity index (χ1) is 10.7. The molecule has 114 valence electrons. The van der Waals surface area contributed by atoms with Crippen molar-refractivity contribution in [3.05, 3.63) is 66.2 Å². The predicted molar refractivity (Wildman–Crippen MR) is 84.6 cm³/mol. The molecule has 0 spiro atoms. The maximum Gasteiger partial charge on any atom is 0.351 e. The van der Waals surface area contributed by atoms with Crippen molar-refractivity contribution in [1.29, 1.82) is 0 Å². The first-order valence-electron chi connectivity index (χ1n) is 7.71. The fourth-order valence-electron chi connectivity index (χ4n) is 3.17. The van der Waals surface area contributed by atoms with Gasteiger partial charge in [0.25, 0.3) is 0 Å². The lowest BCUT2D eigenvalue weighted by Crippen LogP contribution is -2.35. The standard InChI is InChI=1S/C19H20O3/c1-3-18(4-2)19(22-18,15-11-7-5-8-12-15)17(20)21-16-13-9-6-10-14-16/h5-14H,3-4H2,1-2H3. The van der Waals surface area contributed by atoms with Gasteiger partial charge in [0.15, 0.2) is 0 Å². The molecule has 22 heavy (non-hydrogen) atoms. The van der Waals surface area contributed by atoms with Crippen LogP contribution in [0.5, 0.6) is 5.75 Å². The van der Waals surface area contributed by atoms with Crippen LogP contribution in [0.1, 0.15) is 32.3 Å².